The first-order valence-electron chi connectivity index (χ1n) is 9.48. The van der Waals surface area contributed by atoms with Crippen molar-refractivity contribution in [1.82, 2.24) is 5.32 Å². The molecule has 2 aromatic carbocycles. The van der Waals surface area contributed by atoms with Crippen molar-refractivity contribution < 1.29 is 4.79 Å². The van der Waals surface area contributed by atoms with E-state index in [-0.39, 0.29) is 11.3 Å². The lowest BCUT2D eigenvalue weighted by Gasteiger charge is -2.19. The molecule has 1 N–H and O–H groups in total. The number of amides is 1. The maximum atomic E-state index is 12.0. The highest BCUT2D eigenvalue weighted by molar-refractivity contribution is 5.76. The number of hydrogen-bond acceptors (Lipinski definition) is 2. The second-order valence-corrected chi connectivity index (χ2v) is 7.91. The summed E-state index contributed by atoms with van der Waals surface area (Å²) in [5.74, 6) is 0.132. The highest BCUT2D eigenvalue weighted by Gasteiger charge is 2.13. The van der Waals surface area contributed by atoms with Crippen LogP contribution in [-0.2, 0) is 16.6 Å². The summed E-state index contributed by atoms with van der Waals surface area (Å²) in [4.78, 5) is 14.2. The van der Waals surface area contributed by atoms with E-state index in [1.165, 1.54) is 16.8 Å². The van der Waals surface area contributed by atoms with Gasteiger partial charge >= 0.3 is 0 Å². The molecule has 0 heterocycles. The normalized spacial score (nSPS) is 11.2. The lowest BCUT2D eigenvalue weighted by molar-refractivity contribution is -0.121. The number of carbonyl (C=O) groups is 1. The zero-order valence-corrected chi connectivity index (χ0v) is 16.6. The Kier molecular flexibility index (Phi) is 7.26. The molecule has 0 saturated heterocycles. The molecule has 0 aromatic heterocycles. The van der Waals surface area contributed by atoms with Gasteiger partial charge in [-0.3, -0.25) is 4.79 Å². The molecule has 26 heavy (non-hydrogen) atoms. The molecule has 0 bridgehead atoms. The molecule has 0 aliphatic carbocycles. The van der Waals surface area contributed by atoms with E-state index < -0.39 is 0 Å². The second kappa shape index (κ2) is 9.42. The number of benzene rings is 2. The molecule has 0 radical (unpaired) electrons. The van der Waals surface area contributed by atoms with E-state index >= 15 is 0 Å². The lowest BCUT2D eigenvalue weighted by atomic mass is 9.86. The molecule has 1 amide bonds. The fourth-order valence-electron chi connectivity index (χ4n) is 2.87. The third-order valence-electron chi connectivity index (χ3n) is 4.65. The molecule has 0 fully saturated rings. The van der Waals surface area contributed by atoms with E-state index in [0.717, 1.165) is 25.9 Å². The number of hydrogen-bond donors (Lipinski definition) is 1. The molecule has 0 spiro atoms. The van der Waals surface area contributed by atoms with Crippen LogP contribution in [0.4, 0.5) is 5.69 Å². The van der Waals surface area contributed by atoms with Gasteiger partial charge in [0.2, 0.25) is 5.91 Å². The van der Waals surface area contributed by atoms with Crippen LogP contribution in [-0.4, -0.2) is 26.0 Å². The quantitative estimate of drug-likeness (QED) is 0.706. The van der Waals surface area contributed by atoms with Gasteiger partial charge in [-0.05, 0) is 41.5 Å². The van der Waals surface area contributed by atoms with Crippen LogP contribution in [0.3, 0.4) is 0 Å². The molecular formula is C23H32N2O. The van der Waals surface area contributed by atoms with E-state index in [0.29, 0.717) is 6.42 Å². The number of aryl methyl sites for hydroxylation is 1. The Hall–Kier alpha value is -2.29. The Balaban J connectivity index is 1.65. The number of para-hydroxylation sites is 1. The first-order chi connectivity index (χ1) is 12.4. The highest BCUT2D eigenvalue weighted by atomic mass is 16.1. The van der Waals surface area contributed by atoms with Crippen molar-refractivity contribution in [3.63, 3.8) is 0 Å². The van der Waals surface area contributed by atoms with Crippen molar-refractivity contribution in [2.75, 3.05) is 25.0 Å². The van der Waals surface area contributed by atoms with Crippen LogP contribution in [0.5, 0.6) is 0 Å². The van der Waals surface area contributed by atoms with Crippen molar-refractivity contribution >= 4 is 11.6 Å². The molecule has 0 aliphatic heterocycles. The summed E-state index contributed by atoms with van der Waals surface area (Å²) < 4.78 is 0. The molecular weight excluding hydrogens is 320 g/mol. The van der Waals surface area contributed by atoms with Gasteiger partial charge in [-0.25, -0.2) is 0 Å². The van der Waals surface area contributed by atoms with Crippen LogP contribution in [0.2, 0.25) is 0 Å². The summed E-state index contributed by atoms with van der Waals surface area (Å²) in [6.45, 7) is 8.29. The molecule has 3 heteroatoms. The largest absolute Gasteiger partial charge is 0.375 e. The fourth-order valence-corrected chi connectivity index (χ4v) is 2.87. The Morgan fingerprint density at radius 3 is 2.27 bits per heavy atom. The minimum Gasteiger partial charge on any atom is -0.375 e. The predicted octanol–water partition coefficient (Wildman–Crippen LogP) is 4.56. The van der Waals surface area contributed by atoms with Crippen molar-refractivity contribution in [3.8, 4) is 0 Å². The van der Waals surface area contributed by atoms with Crippen LogP contribution >= 0.6 is 0 Å². The van der Waals surface area contributed by atoms with Crippen molar-refractivity contribution in [2.24, 2.45) is 0 Å². The Labute approximate surface area is 158 Å². The van der Waals surface area contributed by atoms with Gasteiger partial charge in [0.1, 0.15) is 0 Å². The second-order valence-electron chi connectivity index (χ2n) is 7.91. The van der Waals surface area contributed by atoms with Crippen LogP contribution in [0.15, 0.2) is 54.6 Å². The molecule has 0 unspecified atom stereocenters. The van der Waals surface area contributed by atoms with Gasteiger partial charge in [0.05, 0.1) is 0 Å². The molecule has 2 aromatic rings. The zero-order chi connectivity index (χ0) is 19.0. The standard InChI is InChI=1S/C23H32N2O/c1-23(2,3)20-14-11-19(12-15-20)13-16-22(26)24-17-8-18-25(4)21-9-6-5-7-10-21/h5-7,9-12,14-15H,8,13,16-18H2,1-4H3,(H,24,26). The third-order valence-corrected chi connectivity index (χ3v) is 4.65. The zero-order valence-electron chi connectivity index (χ0n) is 16.6. The summed E-state index contributed by atoms with van der Waals surface area (Å²) in [7, 11) is 2.08. The lowest BCUT2D eigenvalue weighted by Crippen LogP contribution is -2.28. The number of anilines is 1. The van der Waals surface area contributed by atoms with Crippen molar-refractivity contribution in [3.05, 3.63) is 65.7 Å². The highest BCUT2D eigenvalue weighted by Crippen LogP contribution is 2.22. The predicted molar refractivity (Wildman–Crippen MR) is 111 cm³/mol. The van der Waals surface area contributed by atoms with Crippen LogP contribution in [0.1, 0.15) is 44.7 Å². The first kappa shape index (κ1) is 20.0. The summed E-state index contributed by atoms with van der Waals surface area (Å²) >= 11 is 0. The van der Waals surface area contributed by atoms with Crippen LogP contribution in [0, 0.1) is 0 Å². The minimum atomic E-state index is 0.132. The van der Waals surface area contributed by atoms with Crippen LogP contribution in [0.25, 0.3) is 0 Å². The molecule has 0 saturated carbocycles. The summed E-state index contributed by atoms with van der Waals surface area (Å²) in [5, 5.41) is 3.03. The Morgan fingerprint density at radius 2 is 1.65 bits per heavy atom. The van der Waals surface area contributed by atoms with Gasteiger partial charge in [-0.1, -0.05) is 63.2 Å². The van der Waals surface area contributed by atoms with E-state index in [1.54, 1.807) is 0 Å². The number of carbonyl (C=O) groups excluding carboxylic acids is 1. The monoisotopic (exact) mass is 352 g/mol. The minimum absolute atomic E-state index is 0.132. The van der Waals surface area contributed by atoms with Gasteiger partial charge in [0, 0.05) is 32.2 Å². The van der Waals surface area contributed by atoms with E-state index in [9.17, 15) is 4.79 Å². The van der Waals surface area contributed by atoms with Gasteiger partial charge in [0.25, 0.3) is 0 Å². The van der Waals surface area contributed by atoms with Crippen molar-refractivity contribution in [2.45, 2.75) is 45.4 Å². The van der Waals surface area contributed by atoms with Crippen LogP contribution < -0.4 is 10.2 Å². The summed E-state index contributed by atoms with van der Waals surface area (Å²) in [5.41, 5.74) is 3.92. The topological polar surface area (TPSA) is 32.3 Å². The van der Waals surface area contributed by atoms with Crippen molar-refractivity contribution in [1.29, 1.82) is 0 Å². The average Bonchev–Trinajstić information content (AvgIpc) is 2.63. The molecule has 140 valence electrons. The van der Waals surface area contributed by atoms with E-state index in [1.807, 2.05) is 18.2 Å². The maximum absolute atomic E-state index is 12.0. The smallest absolute Gasteiger partial charge is 0.220 e. The number of nitrogens with one attached hydrogen (secondary N) is 1. The van der Waals surface area contributed by atoms with E-state index in [2.05, 4.69) is 74.4 Å². The maximum Gasteiger partial charge on any atom is 0.220 e. The average molecular weight is 353 g/mol. The molecule has 3 nitrogen and oxygen atoms in total. The van der Waals surface area contributed by atoms with Gasteiger partial charge in [-0.15, -0.1) is 0 Å². The van der Waals surface area contributed by atoms with Gasteiger partial charge in [-0.2, -0.15) is 0 Å². The Morgan fingerprint density at radius 1 is 1.00 bits per heavy atom. The SMILES string of the molecule is CN(CCCNC(=O)CCc1ccc(C(C)(C)C)cc1)c1ccccc1. The van der Waals surface area contributed by atoms with E-state index in [4.69, 9.17) is 0 Å². The van der Waals surface area contributed by atoms with Gasteiger partial charge in [0.15, 0.2) is 0 Å². The fraction of sp³-hybridized carbons (Fsp3) is 0.435. The summed E-state index contributed by atoms with van der Waals surface area (Å²) in [6, 6.07) is 18.9. The Bertz CT molecular complexity index is 672. The first-order valence-corrected chi connectivity index (χ1v) is 9.48. The molecule has 0 atom stereocenters. The summed E-state index contributed by atoms with van der Waals surface area (Å²) in [6.07, 6.45) is 2.28. The number of nitrogens with zero attached hydrogens (tertiary/aromatic N) is 1. The third kappa shape index (κ3) is 6.55. The molecule has 0 aliphatic rings. The number of rotatable bonds is 8. The van der Waals surface area contributed by atoms with Gasteiger partial charge < -0.3 is 10.2 Å². The molecule has 2 rings (SSSR count).